The van der Waals surface area contributed by atoms with Crippen molar-refractivity contribution in [3.8, 4) is 5.75 Å². The zero-order valence-corrected chi connectivity index (χ0v) is 12.0. The Balaban J connectivity index is 1.49. The number of hydrogen-bond acceptors (Lipinski definition) is 4. The third-order valence-corrected chi connectivity index (χ3v) is 4.47. The molecule has 1 saturated carbocycles. The van der Waals surface area contributed by atoms with E-state index in [0.29, 0.717) is 0 Å². The zero-order valence-electron chi connectivity index (χ0n) is 12.0. The van der Waals surface area contributed by atoms with Crippen LogP contribution in [0.25, 0.3) is 0 Å². The van der Waals surface area contributed by atoms with Gasteiger partial charge in [0.25, 0.3) is 0 Å². The lowest BCUT2D eigenvalue weighted by molar-refractivity contribution is -0.0229. The lowest BCUT2D eigenvalue weighted by Crippen LogP contribution is -2.44. The molecule has 1 N–H and O–H groups in total. The van der Waals surface area contributed by atoms with Crippen LogP contribution < -0.4 is 4.74 Å². The maximum Gasteiger partial charge on any atom is 0.138 e. The van der Waals surface area contributed by atoms with Crippen LogP contribution in [0.4, 0.5) is 0 Å². The quantitative estimate of drug-likeness (QED) is 0.916. The minimum atomic E-state index is -0.457. The molecule has 2 aliphatic rings. The van der Waals surface area contributed by atoms with Crippen molar-refractivity contribution >= 4 is 0 Å². The van der Waals surface area contributed by atoms with Gasteiger partial charge in [-0.05, 0) is 31.4 Å². The summed E-state index contributed by atoms with van der Waals surface area (Å²) in [4.78, 5) is 6.43. The largest absolute Gasteiger partial charge is 0.487 e. The first-order chi connectivity index (χ1) is 9.73. The van der Waals surface area contributed by atoms with Gasteiger partial charge in [-0.2, -0.15) is 0 Å². The normalized spacial score (nSPS) is 26.6. The third-order valence-electron chi connectivity index (χ3n) is 4.47. The molecular weight excluding hydrogens is 252 g/mol. The molecule has 1 aliphatic carbocycles. The molecule has 1 unspecified atom stereocenters. The molecule has 1 aromatic heterocycles. The van der Waals surface area contributed by atoms with Gasteiger partial charge < -0.3 is 9.84 Å². The van der Waals surface area contributed by atoms with Crippen LogP contribution in [0.1, 0.15) is 38.5 Å². The molecule has 1 saturated heterocycles. The van der Waals surface area contributed by atoms with Crippen molar-refractivity contribution in [2.45, 2.75) is 50.2 Å². The number of β-amino-alcohol motifs (C(OH)–C–C–N with tert-alkyl or cyclic N) is 1. The highest BCUT2D eigenvalue weighted by Gasteiger charge is 2.34. The summed E-state index contributed by atoms with van der Waals surface area (Å²) in [5, 5.41) is 10.6. The Morgan fingerprint density at radius 3 is 2.95 bits per heavy atom. The van der Waals surface area contributed by atoms with E-state index in [1.54, 1.807) is 12.4 Å². The maximum absolute atomic E-state index is 10.6. The summed E-state index contributed by atoms with van der Waals surface area (Å²) in [5.74, 6) is 0.843. The maximum atomic E-state index is 10.6. The lowest BCUT2D eigenvalue weighted by Gasteiger charge is -2.35. The molecule has 4 nitrogen and oxygen atoms in total. The van der Waals surface area contributed by atoms with E-state index >= 15 is 0 Å². The van der Waals surface area contributed by atoms with Crippen LogP contribution in [0.5, 0.6) is 5.75 Å². The van der Waals surface area contributed by atoms with Gasteiger partial charge in [-0.15, -0.1) is 0 Å². The number of aliphatic hydroxyl groups is 1. The molecule has 110 valence electrons. The van der Waals surface area contributed by atoms with Crippen molar-refractivity contribution in [1.29, 1.82) is 0 Å². The van der Waals surface area contributed by atoms with Gasteiger partial charge in [0.05, 0.1) is 11.8 Å². The highest BCUT2D eigenvalue weighted by atomic mass is 16.5. The van der Waals surface area contributed by atoms with Crippen LogP contribution in [0.2, 0.25) is 0 Å². The fraction of sp³-hybridized carbons (Fsp3) is 0.688. The number of likely N-dealkylation sites (tertiary alicyclic amines) is 1. The van der Waals surface area contributed by atoms with Gasteiger partial charge in [0.1, 0.15) is 11.9 Å². The van der Waals surface area contributed by atoms with Crippen molar-refractivity contribution < 1.29 is 9.84 Å². The van der Waals surface area contributed by atoms with Crippen LogP contribution in [0.15, 0.2) is 24.5 Å². The Bertz CT molecular complexity index is 418. The fourth-order valence-corrected chi connectivity index (χ4v) is 3.43. The molecule has 4 heteroatoms. The first-order valence-electron chi connectivity index (χ1n) is 7.75. The molecule has 3 rings (SSSR count). The van der Waals surface area contributed by atoms with Crippen LogP contribution in [-0.4, -0.2) is 46.3 Å². The molecule has 1 aliphatic heterocycles. The van der Waals surface area contributed by atoms with Gasteiger partial charge in [0.15, 0.2) is 0 Å². The molecule has 0 aromatic carbocycles. The molecule has 0 bridgehead atoms. The van der Waals surface area contributed by atoms with E-state index in [9.17, 15) is 5.11 Å². The SMILES string of the molecule is OC1(CN2CCC(Oc3cccnc3)C2)CCCCC1. The van der Waals surface area contributed by atoms with Crippen molar-refractivity contribution in [2.75, 3.05) is 19.6 Å². The fourth-order valence-electron chi connectivity index (χ4n) is 3.43. The lowest BCUT2D eigenvalue weighted by atomic mass is 9.84. The Kier molecular flexibility index (Phi) is 4.22. The van der Waals surface area contributed by atoms with Gasteiger partial charge in [0.2, 0.25) is 0 Å². The van der Waals surface area contributed by atoms with Crippen molar-refractivity contribution in [1.82, 2.24) is 9.88 Å². The van der Waals surface area contributed by atoms with E-state index in [0.717, 1.165) is 44.6 Å². The topological polar surface area (TPSA) is 45.6 Å². The second kappa shape index (κ2) is 6.10. The predicted octanol–water partition coefficient (Wildman–Crippen LogP) is 2.23. The van der Waals surface area contributed by atoms with E-state index in [1.807, 2.05) is 12.1 Å². The minimum Gasteiger partial charge on any atom is -0.487 e. The van der Waals surface area contributed by atoms with E-state index in [1.165, 1.54) is 19.3 Å². The molecule has 20 heavy (non-hydrogen) atoms. The molecule has 0 spiro atoms. The summed E-state index contributed by atoms with van der Waals surface area (Å²) in [7, 11) is 0. The number of pyridine rings is 1. The number of rotatable bonds is 4. The van der Waals surface area contributed by atoms with Gasteiger partial charge in [-0.3, -0.25) is 9.88 Å². The van der Waals surface area contributed by atoms with E-state index in [-0.39, 0.29) is 6.10 Å². The first kappa shape index (κ1) is 13.8. The summed E-state index contributed by atoms with van der Waals surface area (Å²) < 4.78 is 5.94. The number of ether oxygens (including phenoxy) is 1. The van der Waals surface area contributed by atoms with E-state index in [2.05, 4.69) is 9.88 Å². The summed E-state index contributed by atoms with van der Waals surface area (Å²) >= 11 is 0. The Morgan fingerprint density at radius 1 is 1.35 bits per heavy atom. The first-order valence-corrected chi connectivity index (χ1v) is 7.75. The Hall–Kier alpha value is -1.13. The molecule has 0 radical (unpaired) electrons. The second-order valence-electron chi connectivity index (χ2n) is 6.24. The molecule has 1 aromatic rings. The van der Waals surface area contributed by atoms with Crippen LogP contribution in [-0.2, 0) is 0 Å². The standard InChI is InChI=1S/C16H24N2O2/c19-16(7-2-1-3-8-16)13-18-10-6-15(12-18)20-14-5-4-9-17-11-14/h4-5,9,11,15,19H,1-3,6-8,10,12-13H2. The van der Waals surface area contributed by atoms with Crippen molar-refractivity contribution in [3.05, 3.63) is 24.5 Å². The summed E-state index contributed by atoms with van der Waals surface area (Å²) in [5.41, 5.74) is -0.457. The molecule has 1 atom stereocenters. The Morgan fingerprint density at radius 2 is 2.20 bits per heavy atom. The minimum absolute atomic E-state index is 0.228. The summed E-state index contributed by atoms with van der Waals surface area (Å²) in [6, 6.07) is 3.84. The predicted molar refractivity (Wildman–Crippen MR) is 77.7 cm³/mol. The highest BCUT2D eigenvalue weighted by Crippen LogP contribution is 2.30. The average Bonchev–Trinajstić information content (AvgIpc) is 2.87. The zero-order chi connectivity index (χ0) is 13.8. The second-order valence-corrected chi connectivity index (χ2v) is 6.24. The van der Waals surface area contributed by atoms with Gasteiger partial charge in [-0.25, -0.2) is 0 Å². The summed E-state index contributed by atoms with van der Waals surface area (Å²) in [6.07, 6.45) is 10.3. The number of nitrogens with zero attached hydrogens (tertiary/aromatic N) is 2. The molecular formula is C16H24N2O2. The molecule has 2 fully saturated rings. The highest BCUT2D eigenvalue weighted by molar-refractivity contribution is 5.16. The van der Waals surface area contributed by atoms with Crippen LogP contribution in [0, 0.1) is 0 Å². The van der Waals surface area contributed by atoms with Gasteiger partial charge in [0, 0.05) is 25.8 Å². The van der Waals surface area contributed by atoms with Crippen LogP contribution in [0.3, 0.4) is 0 Å². The Labute approximate surface area is 120 Å². The van der Waals surface area contributed by atoms with Crippen LogP contribution >= 0.6 is 0 Å². The molecule has 2 heterocycles. The third kappa shape index (κ3) is 3.49. The average molecular weight is 276 g/mol. The van der Waals surface area contributed by atoms with Crippen molar-refractivity contribution in [2.24, 2.45) is 0 Å². The smallest absolute Gasteiger partial charge is 0.138 e. The number of aromatic nitrogens is 1. The molecule has 0 amide bonds. The van der Waals surface area contributed by atoms with E-state index < -0.39 is 5.60 Å². The van der Waals surface area contributed by atoms with E-state index in [4.69, 9.17) is 4.74 Å². The van der Waals surface area contributed by atoms with Gasteiger partial charge >= 0.3 is 0 Å². The monoisotopic (exact) mass is 276 g/mol. The van der Waals surface area contributed by atoms with Gasteiger partial charge in [-0.1, -0.05) is 19.3 Å². The van der Waals surface area contributed by atoms with Crippen molar-refractivity contribution in [3.63, 3.8) is 0 Å². The summed E-state index contributed by atoms with van der Waals surface area (Å²) in [6.45, 7) is 2.74. The number of hydrogen-bond donors (Lipinski definition) is 1.